The van der Waals surface area contributed by atoms with E-state index in [0.717, 1.165) is 37.9 Å². The van der Waals surface area contributed by atoms with E-state index in [4.69, 9.17) is 30.6 Å². The Kier molecular flexibility index (Phi) is 17.3. The van der Waals surface area contributed by atoms with Crippen molar-refractivity contribution in [2.24, 2.45) is 5.92 Å². The highest BCUT2D eigenvalue weighted by Crippen LogP contribution is 2.44. The molecule has 0 heterocycles. The van der Waals surface area contributed by atoms with Crippen LogP contribution in [0, 0.1) is 12.8 Å². The van der Waals surface area contributed by atoms with Crippen molar-refractivity contribution in [1.82, 2.24) is 0 Å². The molecule has 0 radical (unpaired) electrons. The maximum absolute atomic E-state index is 8.96. The molecule has 0 aliphatic heterocycles. The Bertz CT molecular complexity index is 831. The summed E-state index contributed by atoms with van der Waals surface area (Å²) in [5, 5.41) is 0.716. The van der Waals surface area contributed by atoms with Crippen LogP contribution < -0.4 is 4.74 Å². The van der Waals surface area contributed by atoms with Crippen LogP contribution in [0.1, 0.15) is 108 Å². The maximum Gasteiger partial charge on any atom is 0.327 e. The lowest BCUT2D eigenvalue weighted by Crippen LogP contribution is -2.06. The van der Waals surface area contributed by atoms with E-state index < -0.39 is 8.60 Å². The van der Waals surface area contributed by atoms with Crippen LogP contribution in [0.4, 0.5) is 0 Å². The van der Waals surface area contributed by atoms with Crippen molar-refractivity contribution in [1.29, 1.82) is 0 Å². The van der Waals surface area contributed by atoms with E-state index >= 15 is 0 Å². The SMILES string of the molecule is CC.CCCCCOc1c(Cl)cc([C@H]2CCC(COP(O)O)C2)cc1C(C)CC.Cc1ccccc1. The molecule has 2 N–H and O–H groups in total. The second kappa shape index (κ2) is 19.0. The first-order chi connectivity index (χ1) is 17.3. The van der Waals surface area contributed by atoms with Gasteiger partial charge in [-0.2, -0.15) is 0 Å². The Hall–Kier alpha value is -1.16. The van der Waals surface area contributed by atoms with Gasteiger partial charge in [0.1, 0.15) is 5.75 Å². The third-order valence-electron chi connectivity index (χ3n) is 6.61. The van der Waals surface area contributed by atoms with Gasteiger partial charge in [-0.3, -0.25) is 0 Å². The molecule has 4 nitrogen and oxygen atoms in total. The fraction of sp³-hybridized carbons (Fsp3) is 0.600. The van der Waals surface area contributed by atoms with Gasteiger partial charge in [0.05, 0.1) is 18.2 Å². The molecule has 1 saturated carbocycles. The molecule has 3 rings (SSSR count). The first kappa shape index (κ1) is 32.9. The Morgan fingerprint density at radius 3 is 2.31 bits per heavy atom. The Morgan fingerprint density at radius 1 is 1.06 bits per heavy atom. The molecule has 0 saturated heterocycles. The zero-order valence-corrected chi connectivity index (χ0v) is 24.8. The molecule has 6 heteroatoms. The molecule has 0 amide bonds. The van der Waals surface area contributed by atoms with Gasteiger partial charge < -0.3 is 19.0 Å². The monoisotopic (exact) mass is 538 g/mol. The highest BCUT2D eigenvalue weighted by molar-refractivity contribution is 7.39. The van der Waals surface area contributed by atoms with Crippen LogP contribution >= 0.6 is 20.2 Å². The molecule has 3 atom stereocenters. The van der Waals surface area contributed by atoms with E-state index in [9.17, 15) is 0 Å². The van der Waals surface area contributed by atoms with E-state index in [1.54, 1.807) is 0 Å². The molecule has 1 fully saturated rings. The van der Waals surface area contributed by atoms with Gasteiger partial charge in [0, 0.05) is 0 Å². The van der Waals surface area contributed by atoms with Gasteiger partial charge in [0.2, 0.25) is 0 Å². The van der Waals surface area contributed by atoms with E-state index in [1.165, 1.54) is 29.5 Å². The number of benzene rings is 2. The summed E-state index contributed by atoms with van der Waals surface area (Å²) in [6.45, 7) is 13.8. The van der Waals surface area contributed by atoms with Crippen LogP contribution in [0.2, 0.25) is 5.02 Å². The molecule has 2 unspecified atom stereocenters. The highest BCUT2D eigenvalue weighted by atomic mass is 35.5. The smallest absolute Gasteiger partial charge is 0.327 e. The van der Waals surface area contributed by atoms with Crippen molar-refractivity contribution in [2.75, 3.05) is 13.2 Å². The molecule has 0 spiro atoms. The summed E-state index contributed by atoms with van der Waals surface area (Å²) in [4.78, 5) is 17.9. The van der Waals surface area contributed by atoms with Gasteiger partial charge in [-0.1, -0.05) is 101 Å². The number of rotatable bonds is 11. The number of hydrogen-bond acceptors (Lipinski definition) is 4. The molecule has 1 aliphatic carbocycles. The minimum Gasteiger partial charge on any atom is -0.492 e. The van der Waals surface area contributed by atoms with Crippen molar-refractivity contribution in [3.63, 3.8) is 0 Å². The molecule has 2 aromatic carbocycles. The third-order valence-corrected chi connectivity index (χ3v) is 7.27. The summed E-state index contributed by atoms with van der Waals surface area (Å²) in [6.07, 6.45) is 7.56. The molecule has 0 bridgehead atoms. The average molecular weight is 539 g/mol. The van der Waals surface area contributed by atoms with Crippen LogP contribution in [-0.2, 0) is 4.52 Å². The number of hydrogen-bond donors (Lipinski definition) is 2. The van der Waals surface area contributed by atoms with Gasteiger partial charge in [0.15, 0.2) is 0 Å². The van der Waals surface area contributed by atoms with Gasteiger partial charge in [0.25, 0.3) is 0 Å². The molecule has 36 heavy (non-hydrogen) atoms. The average Bonchev–Trinajstić information content (AvgIpc) is 3.36. The highest BCUT2D eigenvalue weighted by Gasteiger charge is 2.28. The Balaban J connectivity index is 0.000000609. The molecular formula is C30H48ClO4P. The van der Waals surface area contributed by atoms with Crippen LogP contribution in [0.3, 0.4) is 0 Å². The van der Waals surface area contributed by atoms with E-state index in [-0.39, 0.29) is 0 Å². The lowest BCUT2D eigenvalue weighted by atomic mass is 9.90. The fourth-order valence-electron chi connectivity index (χ4n) is 4.37. The summed E-state index contributed by atoms with van der Waals surface area (Å²) >= 11 is 6.65. The molecule has 204 valence electrons. The molecular weight excluding hydrogens is 491 g/mol. The first-order valence-corrected chi connectivity index (χ1v) is 15.2. The second-order valence-electron chi connectivity index (χ2n) is 9.37. The quantitative estimate of drug-likeness (QED) is 0.221. The summed E-state index contributed by atoms with van der Waals surface area (Å²) < 4.78 is 11.1. The van der Waals surface area contributed by atoms with E-state index in [2.05, 4.69) is 52.0 Å². The predicted octanol–water partition coefficient (Wildman–Crippen LogP) is 9.56. The van der Waals surface area contributed by atoms with Crippen molar-refractivity contribution < 1.29 is 19.0 Å². The summed E-state index contributed by atoms with van der Waals surface area (Å²) in [5.74, 6) is 2.07. The van der Waals surface area contributed by atoms with E-state index in [0.29, 0.717) is 36.0 Å². The largest absolute Gasteiger partial charge is 0.492 e. The van der Waals surface area contributed by atoms with Crippen LogP contribution in [-0.4, -0.2) is 23.0 Å². The topological polar surface area (TPSA) is 58.9 Å². The first-order valence-electron chi connectivity index (χ1n) is 13.6. The minimum atomic E-state index is -2.26. The van der Waals surface area contributed by atoms with Crippen molar-refractivity contribution in [2.45, 2.75) is 98.3 Å². The van der Waals surface area contributed by atoms with Gasteiger partial charge in [-0.15, -0.1) is 0 Å². The van der Waals surface area contributed by atoms with Gasteiger partial charge in [-0.25, -0.2) is 0 Å². The van der Waals surface area contributed by atoms with Crippen LogP contribution in [0.15, 0.2) is 42.5 Å². The predicted molar refractivity (Wildman–Crippen MR) is 155 cm³/mol. The van der Waals surface area contributed by atoms with Gasteiger partial charge in [-0.05, 0) is 74.0 Å². The fourth-order valence-corrected chi connectivity index (χ4v) is 5.01. The summed E-state index contributed by atoms with van der Waals surface area (Å²) in [6, 6.07) is 14.6. The molecule has 0 aromatic heterocycles. The van der Waals surface area contributed by atoms with Crippen LogP contribution in [0.25, 0.3) is 0 Å². The lowest BCUT2D eigenvalue weighted by molar-refractivity contribution is 0.212. The Labute approximate surface area is 226 Å². The molecule has 1 aliphatic rings. The number of unbranched alkanes of at least 4 members (excludes halogenated alkanes) is 2. The Morgan fingerprint density at radius 2 is 1.75 bits per heavy atom. The maximum atomic E-state index is 8.96. The number of ether oxygens (including phenoxy) is 1. The zero-order chi connectivity index (χ0) is 26.9. The summed E-state index contributed by atoms with van der Waals surface area (Å²) in [7, 11) is -2.26. The van der Waals surface area contributed by atoms with Gasteiger partial charge >= 0.3 is 8.60 Å². The van der Waals surface area contributed by atoms with Crippen LogP contribution in [0.5, 0.6) is 5.75 Å². The number of aryl methyl sites for hydroxylation is 1. The molecule has 2 aromatic rings. The number of halogens is 1. The second-order valence-corrected chi connectivity index (χ2v) is 10.5. The third kappa shape index (κ3) is 11.9. The van der Waals surface area contributed by atoms with Crippen molar-refractivity contribution in [3.8, 4) is 5.75 Å². The van der Waals surface area contributed by atoms with Crippen molar-refractivity contribution in [3.05, 3.63) is 64.2 Å². The minimum absolute atomic E-state index is 0.370. The normalized spacial score (nSPS) is 17.6. The zero-order valence-electron chi connectivity index (χ0n) is 23.2. The van der Waals surface area contributed by atoms with E-state index in [1.807, 2.05) is 32.0 Å². The standard InChI is InChI=1S/C21H34ClO4P.C7H8.C2H6/c1-4-6-7-10-25-21-19(15(3)5-2)12-18(13-20(21)22)17-9-8-16(11-17)14-26-27(23)24;1-7-5-3-2-4-6-7;1-2/h12-13,15-17,23-24H,4-11,14H2,1-3H3;2-6H,1H3;1-2H3/t15?,16?,17-;;/m0../s1. The lowest BCUT2D eigenvalue weighted by Gasteiger charge is -2.21. The van der Waals surface area contributed by atoms with Crippen molar-refractivity contribution >= 4 is 20.2 Å². The summed E-state index contributed by atoms with van der Waals surface area (Å²) in [5.41, 5.74) is 3.81.